The molecule has 12 heavy (non-hydrogen) atoms. The molecule has 3 fully saturated rings. The third kappa shape index (κ3) is 1.01. The molecule has 0 radical (unpaired) electrons. The van der Waals surface area contributed by atoms with Crippen LogP contribution in [0.2, 0.25) is 0 Å². The lowest BCUT2D eigenvalue weighted by Gasteiger charge is -2.30. The highest BCUT2D eigenvalue weighted by Gasteiger charge is 2.41. The molecule has 3 rings (SSSR count). The summed E-state index contributed by atoms with van der Waals surface area (Å²) in [5.41, 5.74) is 0. The van der Waals surface area contributed by atoms with Gasteiger partial charge in [0.25, 0.3) is 0 Å². The zero-order valence-corrected chi connectivity index (χ0v) is 7.71. The van der Waals surface area contributed by atoms with Crippen molar-refractivity contribution >= 4 is 0 Å². The first-order chi connectivity index (χ1) is 5.93. The molecule has 2 bridgehead atoms. The predicted molar refractivity (Wildman–Crippen MR) is 49.1 cm³/mol. The van der Waals surface area contributed by atoms with Crippen LogP contribution >= 0.6 is 0 Å². The van der Waals surface area contributed by atoms with E-state index in [1.165, 1.54) is 52.0 Å². The summed E-state index contributed by atoms with van der Waals surface area (Å²) < 4.78 is 0. The Bertz CT molecular complexity index is 175. The van der Waals surface area contributed by atoms with Crippen LogP contribution in [0.1, 0.15) is 19.3 Å². The van der Waals surface area contributed by atoms with Gasteiger partial charge in [0.05, 0.1) is 0 Å². The van der Waals surface area contributed by atoms with Crippen LogP contribution in [0, 0.1) is 5.92 Å². The number of nitrogens with zero attached hydrogens (tertiary/aromatic N) is 2. The Kier molecular flexibility index (Phi) is 1.66. The number of hydrogen-bond acceptors (Lipinski definition) is 2. The van der Waals surface area contributed by atoms with Crippen LogP contribution in [0.15, 0.2) is 0 Å². The summed E-state index contributed by atoms with van der Waals surface area (Å²) in [7, 11) is 0. The third-order valence-electron chi connectivity index (χ3n) is 3.91. The fourth-order valence-corrected chi connectivity index (χ4v) is 3.24. The van der Waals surface area contributed by atoms with Gasteiger partial charge in [-0.1, -0.05) is 0 Å². The number of piperidine rings is 1. The van der Waals surface area contributed by atoms with E-state index in [4.69, 9.17) is 0 Å². The second kappa shape index (κ2) is 2.71. The molecule has 0 spiro atoms. The van der Waals surface area contributed by atoms with Crippen LogP contribution in [0.3, 0.4) is 0 Å². The fraction of sp³-hybridized carbons (Fsp3) is 1.00. The van der Waals surface area contributed by atoms with Gasteiger partial charge in [-0.25, -0.2) is 0 Å². The molecule has 0 aromatic carbocycles. The highest BCUT2D eigenvalue weighted by atomic mass is 15.3. The van der Waals surface area contributed by atoms with Crippen molar-refractivity contribution in [3.05, 3.63) is 0 Å². The number of hydrogen-bond donors (Lipinski definition) is 0. The van der Waals surface area contributed by atoms with Crippen LogP contribution < -0.4 is 0 Å². The predicted octanol–water partition coefficient (Wildman–Crippen LogP) is 0.786. The molecule has 0 aromatic rings. The van der Waals surface area contributed by atoms with Crippen molar-refractivity contribution in [3.8, 4) is 0 Å². The Balaban J connectivity index is 1.69. The van der Waals surface area contributed by atoms with E-state index in [-0.39, 0.29) is 0 Å². The second-order valence-electron chi connectivity index (χ2n) is 4.62. The quantitative estimate of drug-likeness (QED) is 0.568. The van der Waals surface area contributed by atoms with Crippen molar-refractivity contribution in [2.75, 3.05) is 32.7 Å². The first-order valence-corrected chi connectivity index (χ1v) is 5.40. The van der Waals surface area contributed by atoms with Gasteiger partial charge in [0.1, 0.15) is 0 Å². The number of rotatable bonds is 1. The lowest BCUT2D eigenvalue weighted by Crippen LogP contribution is -2.41. The highest BCUT2D eigenvalue weighted by molar-refractivity contribution is 4.96. The Labute approximate surface area is 74.5 Å². The molecule has 3 heterocycles. The first kappa shape index (κ1) is 7.34. The summed E-state index contributed by atoms with van der Waals surface area (Å²) in [6, 6.07) is 0.946. The minimum Gasteiger partial charge on any atom is -0.301 e. The van der Waals surface area contributed by atoms with Crippen molar-refractivity contribution < 1.29 is 0 Å². The van der Waals surface area contributed by atoms with E-state index < -0.39 is 0 Å². The molecular formula is C10H18N2. The fourth-order valence-electron chi connectivity index (χ4n) is 3.24. The van der Waals surface area contributed by atoms with Gasteiger partial charge in [0, 0.05) is 19.1 Å². The molecule has 3 saturated heterocycles. The van der Waals surface area contributed by atoms with Gasteiger partial charge in [-0.15, -0.1) is 0 Å². The third-order valence-corrected chi connectivity index (χ3v) is 3.91. The van der Waals surface area contributed by atoms with Crippen LogP contribution in [-0.2, 0) is 0 Å². The average molecular weight is 166 g/mol. The minimum atomic E-state index is 0.946. The molecule has 3 aliphatic heterocycles. The number of fused-ring (bicyclic) bond motifs is 2. The van der Waals surface area contributed by atoms with Crippen LogP contribution in [0.25, 0.3) is 0 Å². The van der Waals surface area contributed by atoms with Crippen molar-refractivity contribution in [2.24, 2.45) is 5.92 Å². The minimum absolute atomic E-state index is 0.946. The van der Waals surface area contributed by atoms with E-state index >= 15 is 0 Å². The van der Waals surface area contributed by atoms with Gasteiger partial charge in [-0.2, -0.15) is 0 Å². The maximum Gasteiger partial charge on any atom is 0.0264 e. The van der Waals surface area contributed by atoms with Crippen LogP contribution in [0.5, 0.6) is 0 Å². The Morgan fingerprint density at radius 3 is 2.33 bits per heavy atom. The highest BCUT2D eigenvalue weighted by Crippen LogP contribution is 2.32. The lowest BCUT2D eigenvalue weighted by atomic mass is 9.99. The standard InChI is InChI=1S/C10H18N2/c1-2-5-12(4-1)10-8-11-6-3-9(10)7-11/h9-10H,1-8H2. The van der Waals surface area contributed by atoms with E-state index in [9.17, 15) is 0 Å². The van der Waals surface area contributed by atoms with Crippen molar-refractivity contribution in [3.63, 3.8) is 0 Å². The van der Waals surface area contributed by atoms with E-state index in [2.05, 4.69) is 9.80 Å². The molecule has 2 heteroatoms. The van der Waals surface area contributed by atoms with E-state index in [1.54, 1.807) is 0 Å². The van der Waals surface area contributed by atoms with Gasteiger partial charge >= 0.3 is 0 Å². The lowest BCUT2D eigenvalue weighted by molar-refractivity contribution is 0.176. The van der Waals surface area contributed by atoms with Crippen LogP contribution in [-0.4, -0.2) is 48.6 Å². The molecule has 3 atom stereocenters. The largest absolute Gasteiger partial charge is 0.301 e. The molecule has 0 saturated carbocycles. The molecule has 0 amide bonds. The summed E-state index contributed by atoms with van der Waals surface area (Å²) in [4.78, 5) is 5.39. The summed E-state index contributed by atoms with van der Waals surface area (Å²) in [5, 5.41) is 0. The molecule has 0 aliphatic carbocycles. The van der Waals surface area contributed by atoms with E-state index in [0.717, 1.165) is 12.0 Å². The van der Waals surface area contributed by atoms with Crippen LogP contribution in [0.4, 0.5) is 0 Å². The molecule has 2 nitrogen and oxygen atoms in total. The topological polar surface area (TPSA) is 6.48 Å². The summed E-state index contributed by atoms with van der Waals surface area (Å²) in [6.07, 6.45) is 4.37. The van der Waals surface area contributed by atoms with Gasteiger partial charge in [-0.05, 0) is 44.8 Å². The Morgan fingerprint density at radius 1 is 0.917 bits per heavy atom. The van der Waals surface area contributed by atoms with E-state index in [0.29, 0.717) is 0 Å². The zero-order chi connectivity index (χ0) is 7.97. The summed E-state index contributed by atoms with van der Waals surface area (Å²) in [5.74, 6) is 1.03. The number of likely N-dealkylation sites (tertiary alicyclic amines) is 1. The summed E-state index contributed by atoms with van der Waals surface area (Å²) in [6.45, 7) is 6.94. The summed E-state index contributed by atoms with van der Waals surface area (Å²) >= 11 is 0. The Hall–Kier alpha value is -0.0800. The zero-order valence-electron chi connectivity index (χ0n) is 7.71. The van der Waals surface area contributed by atoms with Gasteiger partial charge < -0.3 is 4.90 Å². The van der Waals surface area contributed by atoms with Gasteiger partial charge in [-0.3, -0.25) is 4.90 Å². The molecule has 3 unspecified atom stereocenters. The molecule has 68 valence electrons. The monoisotopic (exact) mass is 166 g/mol. The first-order valence-electron chi connectivity index (χ1n) is 5.40. The maximum absolute atomic E-state index is 2.74. The SMILES string of the molecule is C1CCN(C2CN3CCC2C3)C1. The van der Waals surface area contributed by atoms with Gasteiger partial charge in [0.2, 0.25) is 0 Å². The normalized spacial score (nSPS) is 47.5. The van der Waals surface area contributed by atoms with E-state index in [1.807, 2.05) is 0 Å². The van der Waals surface area contributed by atoms with Gasteiger partial charge in [0.15, 0.2) is 0 Å². The maximum atomic E-state index is 2.74. The second-order valence-corrected chi connectivity index (χ2v) is 4.62. The smallest absolute Gasteiger partial charge is 0.0264 e. The van der Waals surface area contributed by atoms with Crippen molar-refractivity contribution in [1.29, 1.82) is 0 Å². The molecule has 3 aliphatic rings. The molecule has 0 aromatic heterocycles. The molecule has 0 N–H and O–H groups in total. The Morgan fingerprint density at radius 2 is 1.75 bits per heavy atom. The average Bonchev–Trinajstić information content (AvgIpc) is 2.81. The molecular weight excluding hydrogens is 148 g/mol. The van der Waals surface area contributed by atoms with Crippen molar-refractivity contribution in [1.82, 2.24) is 9.80 Å². The van der Waals surface area contributed by atoms with Crippen molar-refractivity contribution in [2.45, 2.75) is 25.3 Å².